The molecule has 3 heterocycles. The van der Waals surface area contributed by atoms with E-state index in [0.717, 1.165) is 35.0 Å². The van der Waals surface area contributed by atoms with Crippen molar-refractivity contribution < 1.29 is 28.2 Å². The second kappa shape index (κ2) is 8.92. The third kappa shape index (κ3) is 4.03. The molecule has 0 bridgehead atoms. The first-order valence-electron chi connectivity index (χ1n) is 10.4. The number of nitrogens with zero attached hydrogens (tertiary/aromatic N) is 3. The molecule has 2 atom stereocenters. The average Bonchev–Trinajstić information content (AvgIpc) is 3.12. The standard InChI is InChI=1S/C23H21F3N4O4/c1-3-11(2)27-23(34)13-8-30(19-14(24)5-4-6-15(19)25)21-12(20(13)33)7-16(26)22(28-21)29-9-17(31)18(32)10-29/h4-8,17-18,31-32H,2-3,9-10H2,1H3,(H,27,34)/t17-,18-/m1/s1. The number of aliphatic hydroxyl groups excluding tert-OH is 2. The number of amides is 1. The van der Waals surface area contributed by atoms with Crippen LogP contribution in [0.2, 0.25) is 0 Å². The fourth-order valence-electron chi connectivity index (χ4n) is 3.75. The van der Waals surface area contributed by atoms with Gasteiger partial charge in [-0.1, -0.05) is 19.6 Å². The summed E-state index contributed by atoms with van der Waals surface area (Å²) in [7, 11) is 0. The third-order valence-corrected chi connectivity index (χ3v) is 5.61. The summed E-state index contributed by atoms with van der Waals surface area (Å²) in [6, 6.07) is 3.93. The van der Waals surface area contributed by atoms with Crippen LogP contribution >= 0.6 is 0 Å². The number of para-hydroxylation sites is 1. The fourth-order valence-corrected chi connectivity index (χ4v) is 3.75. The van der Waals surface area contributed by atoms with E-state index in [1.807, 2.05) is 0 Å². The number of pyridine rings is 2. The minimum atomic E-state index is -1.15. The number of aromatic nitrogens is 2. The van der Waals surface area contributed by atoms with Gasteiger partial charge in [-0.15, -0.1) is 0 Å². The number of fused-ring (bicyclic) bond motifs is 1. The predicted molar refractivity (Wildman–Crippen MR) is 118 cm³/mol. The first-order chi connectivity index (χ1) is 16.1. The van der Waals surface area contributed by atoms with Crippen molar-refractivity contribution in [2.24, 2.45) is 0 Å². The lowest BCUT2D eigenvalue weighted by molar-refractivity contribution is 0.0572. The van der Waals surface area contributed by atoms with Crippen molar-refractivity contribution in [3.8, 4) is 5.69 Å². The lowest BCUT2D eigenvalue weighted by Crippen LogP contribution is -2.30. The van der Waals surface area contributed by atoms with E-state index in [-0.39, 0.29) is 29.9 Å². The largest absolute Gasteiger partial charge is 0.389 e. The fraction of sp³-hybridized carbons (Fsp3) is 0.261. The Bertz CT molecular complexity index is 1340. The summed E-state index contributed by atoms with van der Waals surface area (Å²) in [6.45, 7) is 5.08. The van der Waals surface area contributed by atoms with Crippen LogP contribution in [0.25, 0.3) is 16.7 Å². The quantitative estimate of drug-likeness (QED) is 0.522. The van der Waals surface area contributed by atoms with Gasteiger partial charge in [0.25, 0.3) is 5.91 Å². The maximum Gasteiger partial charge on any atom is 0.260 e. The van der Waals surface area contributed by atoms with Gasteiger partial charge in [0.1, 0.15) is 22.9 Å². The van der Waals surface area contributed by atoms with Crippen molar-refractivity contribution in [3.63, 3.8) is 0 Å². The second-order valence-electron chi connectivity index (χ2n) is 7.93. The van der Waals surface area contributed by atoms with Crippen LogP contribution in [0.3, 0.4) is 0 Å². The highest BCUT2D eigenvalue weighted by molar-refractivity contribution is 5.98. The van der Waals surface area contributed by atoms with Crippen molar-refractivity contribution in [1.29, 1.82) is 0 Å². The van der Waals surface area contributed by atoms with Gasteiger partial charge < -0.3 is 20.4 Å². The number of benzene rings is 1. The number of β-amino-alcohol motifs (C(OH)–C–C–N with tert-alkyl or cyclic N) is 2. The molecular weight excluding hydrogens is 453 g/mol. The molecule has 1 saturated heterocycles. The number of allylic oxidation sites excluding steroid dienone is 1. The maximum absolute atomic E-state index is 15.0. The summed E-state index contributed by atoms with van der Waals surface area (Å²) in [6.07, 6.45) is -0.989. The average molecular weight is 474 g/mol. The molecule has 8 nitrogen and oxygen atoms in total. The molecule has 1 aliphatic heterocycles. The molecule has 1 aliphatic rings. The Labute approximate surface area is 191 Å². The molecule has 0 radical (unpaired) electrons. The highest BCUT2D eigenvalue weighted by Crippen LogP contribution is 2.28. The summed E-state index contributed by atoms with van der Waals surface area (Å²) in [5, 5.41) is 21.7. The molecule has 0 aliphatic carbocycles. The lowest BCUT2D eigenvalue weighted by atomic mass is 10.1. The van der Waals surface area contributed by atoms with Crippen LogP contribution in [0.4, 0.5) is 19.0 Å². The van der Waals surface area contributed by atoms with E-state index in [0.29, 0.717) is 12.1 Å². The smallest absolute Gasteiger partial charge is 0.260 e. The van der Waals surface area contributed by atoms with Gasteiger partial charge >= 0.3 is 0 Å². The minimum absolute atomic E-state index is 0.144. The Balaban J connectivity index is 2.01. The Hall–Kier alpha value is -3.70. The Morgan fingerprint density at radius 3 is 2.38 bits per heavy atom. The summed E-state index contributed by atoms with van der Waals surface area (Å²) >= 11 is 0. The molecule has 3 aromatic rings. The number of carbonyl (C=O) groups is 1. The Morgan fingerprint density at radius 2 is 1.79 bits per heavy atom. The molecule has 2 aromatic heterocycles. The molecule has 11 heteroatoms. The highest BCUT2D eigenvalue weighted by atomic mass is 19.1. The van der Waals surface area contributed by atoms with Crippen molar-refractivity contribution in [2.45, 2.75) is 25.6 Å². The van der Waals surface area contributed by atoms with E-state index in [9.17, 15) is 28.6 Å². The van der Waals surface area contributed by atoms with Gasteiger partial charge in [0.05, 0.1) is 17.6 Å². The van der Waals surface area contributed by atoms with Crippen LogP contribution in [0.1, 0.15) is 23.7 Å². The van der Waals surface area contributed by atoms with Crippen LogP contribution in [0.5, 0.6) is 0 Å². The summed E-state index contributed by atoms with van der Waals surface area (Å²) in [4.78, 5) is 31.2. The molecule has 0 unspecified atom stereocenters. The third-order valence-electron chi connectivity index (χ3n) is 5.61. The van der Waals surface area contributed by atoms with Gasteiger partial charge in [-0.25, -0.2) is 18.2 Å². The zero-order chi connectivity index (χ0) is 24.7. The topological polar surface area (TPSA) is 108 Å². The molecule has 4 rings (SSSR count). The van der Waals surface area contributed by atoms with Crippen LogP contribution in [-0.4, -0.2) is 51.0 Å². The number of aliphatic hydroxyl groups is 2. The Morgan fingerprint density at radius 1 is 1.18 bits per heavy atom. The molecule has 1 amide bonds. The summed E-state index contributed by atoms with van der Waals surface area (Å²) in [5.41, 5.74) is -2.02. The molecule has 0 saturated carbocycles. The van der Waals surface area contributed by atoms with Gasteiger partial charge in [0.2, 0.25) is 5.43 Å². The monoisotopic (exact) mass is 474 g/mol. The molecule has 34 heavy (non-hydrogen) atoms. The van der Waals surface area contributed by atoms with Crippen molar-refractivity contribution in [2.75, 3.05) is 18.0 Å². The molecule has 3 N–H and O–H groups in total. The zero-order valence-electron chi connectivity index (χ0n) is 18.1. The van der Waals surface area contributed by atoms with Gasteiger partial charge in [0.15, 0.2) is 17.3 Å². The van der Waals surface area contributed by atoms with Crippen molar-refractivity contribution in [3.05, 3.63) is 76.0 Å². The maximum atomic E-state index is 15.0. The molecule has 1 aromatic carbocycles. The van der Waals surface area contributed by atoms with Gasteiger partial charge in [-0.2, -0.15) is 0 Å². The summed E-state index contributed by atoms with van der Waals surface area (Å²) < 4.78 is 45.3. The Kier molecular flexibility index (Phi) is 6.15. The van der Waals surface area contributed by atoms with E-state index in [1.165, 1.54) is 4.90 Å². The number of anilines is 1. The van der Waals surface area contributed by atoms with Crippen LogP contribution in [-0.2, 0) is 0 Å². The molecule has 178 valence electrons. The number of hydrogen-bond acceptors (Lipinski definition) is 6. The predicted octanol–water partition coefficient (Wildman–Crippen LogP) is 2.00. The number of rotatable bonds is 5. The first kappa shape index (κ1) is 23.5. The molecular formula is C23H21F3N4O4. The zero-order valence-corrected chi connectivity index (χ0v) is 18.1. The van der Waals surface area contributed by atoms with Gasteiger partial charge in [0, 0.05) is 25.0 Å². The van der Waals surface area contributed by atoms with E-state index in [4.69, 9.17) is 0 Å². The molecule has 0 spiro atoms. The lowest BCUT2D eigenvalue weighted by Gasteiger charge is -2.20. The number of nitrogens with one attached hydrogen (secondary N) is 1. The normalized spacial score (nSPS) is 17.9. The molecule has 1 fully saturated rings. The number of hydrogen-bond donors (Lipinski definition) is 3. The van der Waals surface area contributed by atoms with Crippen LogP contribution in [0.15, 0.2) is 47.5 Å². The number of carbonyl (C=O) groups excluding carboxylic acids is 1. The van der Waals surface area contributed by atoms with E-state index in [2.05, 4.69) is 16.9 Å². The highest BCUT2D eigenvalue weighted by Gasteiger charge is 2.33. The van der Waals surface area contributed by atoms with E-state index >= 15 is 4.39 Å². The summed E-state index contributed by atoms with van der Waals surface area (Å²) in [5.74, 6) is -4.19. The van der Waals surface area contributed by atoms with Crippen LogP contribution < -0.4 is 15.6 Å². The van der Waals surface area contributed by atoms with Crippen molar-refractivity contribution >= 4 is 22.8 Å². The van der Waals surface area contributed by atoms with Gasteiger partial charge in [-0.05, 0) is 24.6 Å². The van der Waals surface area contributed by atoms with E-state index < -0.39 is 52.2 Å². The van der Waals surface area contributed by atoms with Crippen LogP contribution in [0, 0.1) is 17.5 Å². The van der Waals surface area contributed by atoms with Gasteiger partial charge in [-0.3, -0.25) is 14.2 Å². The number of halogens is 3. The van der Waals surface area contributed by atoms with Crippen molar-refractivity contribution in [1.82, 2.24) is 14.9 Å². The SMILES string of the molecule is C=C(CC)NC(=O)c1cn(-c2c(F)cccc2F)c2nc(N3C[C@@H](O)[C@H](O)C3)c(F)cc2c1=O. The van der Waals surface area contributed by atoms with E-state index in [1.54, 1.807) is 6.92 Å². The first-order valence-corrected chi connectivity index (χ1v) is 10.4. The second-order valence-corrected chi connectivity index (χ2v) is 7.93. The minimum Gasteiger partial charge on any atom is -0.389 e.